The Balaban J connectivity index is 2.86. The van der Waals surface area contributed by atoms with Crippen LogP contribution in [0.4, 0.5) is 5.82 Å². The summed E-state index contributed by atoms with van der Waals surface area (Å²) in [6.45, 7) is 1.59. The molecule has 2 aromatic rings. The number of hydrogen-bond acceptors (Lipinski definition) is 6. The van der Waals surface area contributed by atoms with Gasteiger partial charge in [0.1, 0.15) is 10.7 Å². The third-order valence-electron chi connectivity index (χ3n) is 2.59. The number of hydrogen-bond donors (Lipinski definition) is 3. The molecule has 0 aliphatic rings. The zero-order chi connectivity index (χ0) is 16.0. The van der Waals surface area contributed by atoms with Crippen LogP contribution in [-0.4, -0.2) is 35.7 Å². The molecule has 0 saturated heterocycles. The summed E-state index contributed by atoms with van der Waals surface area (Å²) >= 11 is 0. The van der Waals surface area contributed by atoms with Crippen molar-refractivity contribution < 1.29 is 25.9 Å². The minimum Gasteiger partial charge on any atom is -0.384 e. The number of rotatable bonds is 3. The van der Waals surface area contributed by atoms with E-state index in [9.17, 15) is 21.4 Å². The van der Waals surface area contributed by atoms with Gasteiger partial charge in [0.2, 0.25) is 0 Å². The van der Waals surface area contributed by atoms with Crippen molar-refractivity contribution in [2.45, 2.75) is 16.7 Å². The molecule has 21 heavy (non-hydrogen) atoms. The maximum atomic E-state index is 11.4. The van der Waals surface area contributed by atoms with E-state index in [4.69, 9.17) is 10.3 Å². The van der Waals surface area contributed by atoms with Crippen LogP contribution in [0.25, 0.3) is 5.69 Å². The average Bonchev–Trinajstić information content (AvgIpc) is 2.65. The van der Waals surface area contributed by atoms with E-state index in [-0.39, 0.29) is 11.5 Å². The molecule has 0 bridgehead atoms. The van der Waals surface area contributed by atoms with E-state index < -0.39 is 30.0 Å². The molecule has 1 heterocycles. The highest BCUT2D eigenvalue weighted by atomic mass is 32.2. The number of anilines is 1. The largest absolute Gasteiger partial charge is 0.384 e. The smallest absolute Gasteiger partial charge is 0.296 e. The summed E-state index contributed by atoms with van der Waals surface area (Å²) in [6, 6.07) is 3.95. The van der Waals surface area contributed by atoms with E-state index in [0.717, 1.165) is 22.9 Å². The zero-order valence-electron chi connectivity index (χ0n) is 10.6. The van der Waals surface area contributed by atoms with Gasteiger partial charge in [0.05, 0.1) is 16.3 Å². The Bertz CT molecular complexity index is 914. The SMILES string of the molecule is Cc1cc(N)n(-c2cc(S(=O)(=O)O)ccc2S(=O)(=O)O)n1. The number of nitrogens with zero attached hydrogens (tertiary/aromatic N) is 2. The van der Waals surface area contributed by atoms with Gasteiger partial charge in [-0.05, 0) is 25.1 Å². The first-order valence-corrected chi connectivity index (χ1v) is 8.30. The Morgan fingerprint density at radius 3 is 2.14 bits per heavy atom. The van der Waals surface area contributed by atoms with Crippen LogP contribution in [0.3, 0.4) is 0 Å². The van der Waals surface area contributed by atoms with Gasteiger partial charge in [-0.3, -0.25) is 9.11 Å². The van der Waals surface area contributed by atoms with Gasteiger partial charge in [0.15, 0.2) is 0 Å². The summed E-state index contributed by atoms with van der Waals surface area (Å²) < 4.78 is 64.2. The molecule has 4 N–H and O–H groups in total. The molecule has 0 fully saturated rings. The van der Waals surface area contributed by atoms with Crippen LogP contribution in [0.1, 0.15) is 5.69 Å². The molecule has 1 aromatic carbocycles. The molecule has 11 heteroatoms. The van der Waals surface area contributed by atoms with Gasteiger partial charge in [0, 0.05) is 6.07 Å². The molecular weight excluding hydrogens is 322 g/mol. The number of aromatic nitrogens is 2. The van der Waals surface area contributed by atoms with Gasteiger partial charge < -0.3 is 5.73 Å². The van der Waals surface area contributed by atoms with Crippen molar-refractivity contribution in [2.24, 2.45) is 0 Å². The summed E-state index contributed by atoms with van der Waals surface area (Å²) in [6.07, 6.45) is 0. The highest BCUT2D eigenvalue weighted by Gasteiger charge is 2.22. The Labute approximate surface area is 120 Å². The first-order chi connectivity index (χ1) is 9.50. The van der Waals surface area contributed by atoms with Crippen molar-refractivity contribution in [2.75, 3.05) is 5.73 Å². The lowest BCUT2D eigenvalue weighted by Gasteiger charge is -2.10. The van der Waals surface area contributed by atoms with E-state index in [0.29, 0.717) is 5.69 Å². The Kier molecular flexibility index (Phi) is 3.53. The molecular formula is C10H11N3O6S2. The lowest BCUT2D eigenvalue weighted by molar-refractivity contribution is 0.477. The number of aryl methyl sites for hydroxylation is 1. The summed E-state index contributed by atoms with van der Waals surface area (Å²) in [5.74, 6) is 0.0323. The standard InChI is InChI=1S/C10H11N3O6S2/c1-6-4-10(11)13(12-6)8-5-7(20(14,15)16)2-3-9(8)21(17,18)19/h2-5H,11H2,1H3,(H,14,15,16)(H,17,18,19). The lowest BCUT2D eigenvalue weighted by atomic mass is 10.3. The molecule has 2 rings (SSSR count). The number of nitrogens with two attached hydrogens (primary N) is 1. The normalized spacial score (nSPS) is 12.5. The Morgan fingerprint density at radius 1 is 1.10 bits per heavy atom. The van der Waals surface area contributed by atoms with Gasteiger partial charge in [0.25, 0.3) is 20.2 Å². The topological polar surface area (TPSA) is 153 Å². The summed E-state index contributed by atoms with van der Waals surface area (Å²) in [5.41, 5.74) is 5.81. The number of benzene rings is 1. The second-order valence-electron chi connectivity index (χ2n) is 4.20. The Morgan fingerprint density at radius 2 is 1.71 bits per heavy atom. The molecule has 0 spiro atoms. The third-order valence-corrected chi connectivity index (χ3v) is 4.34. The molecule has 0 radical (unpaired) electrons. The van der Waals surface area contributed by atoms with Crippen molar-refractivity contribution in [3.05, 3.63) is 30.0 Å². The van der Waals surface area contributed by atoms with E-state index in [1.165, 1.54) is 6.07 Å². The van der Waals surface area contributed by atoms with E-state index in [2.05, 4.69) is 5.10 Å². The molecule has 0 amide bonds. The predicted octanol–water partition coefficient (Wildman–Crippen LogP) is 0.256. The van der Waals surface area contributed by atoms with Crippen molar-refractivity contribution in [1.29, 1.82) is 0 Å². The third kappa shape index (κ3) is 3.05. The van der Waals surface area contributed by atoms with Crippen LogP contribution in [-0.2, 0) is 20.2 Å². The van der Waals surface area contributed by atoms with Gasteiger partial charge in [-0.1, -0.05) is 0 Å². The second-order valence-corrected chi connectivity index (χ2v) is 7.01. The van der Waals surface area contributed by atoms with Crippen molar-refractivity contribution >= 4 is 26.1 Å². The molecule has 0 aliphatic heterocycles. The summed E-state index contributed by atoms with van der Waals surface area (Å²) in [7, 11) is -9.20. The minimum atomic E-state index is -4.64. The fourth-order valence-electron chi connectivity index (χ4n) is 1.75. The number of nitrogen functional groups attached to an aromatic ring is 1. The fraction of sp³-hybridized carbons (Fsp3) is 0.100. The maximum Gasteiger partial charge on any atom is 0.296 e. The van der Waals surface area contributed by atoms with Gasteiger partial charge in [-0.2, -0.15) is 21.9 Å². The second kappa shape index (κ2) is 4.80. The first kappa shape index (κ1) is 15.4. The van der Waals surface area contributed by atoms with E-state index >= 15 is 0 Å². The van der Waals surface area contributed by atoms with Crippen LogP contribution in [0.2, 0.25) is 0 Å². The highest BCUT2D eigenvalue weighted by Crippen LogP contribution is 2.25. The van der Waals surface area contributed by atoms with Crippen LogP contribution >= 0.6 is 0 Å². The first-order valence-electron chi connectivity index (χ1n) is 5.41. The quantitative estimate of drug-likeness (QED) is 0.676. The maximum absolute atomic E-state index is 11.4. The molecule has 0 saturated carbocycles. The van der Waals surface area contributed by atoms with Crippen molar-refractivity contribution in [3.8, 4) is 5.69 Å². The fourth-order valence-corrected chi connectivity index (χ4v) is 2.90. The van der Waals surface area contributed by atoms with Crippen LogP contribution in [0.5, 0.6) is 0 Å². The van der Waals surface area contributed by atoms with Gasteiger partial charge >= 0.3 is 0 Å². The van der Waals surface area contributed by atoms with Gasteiger partial charge in [-0.25, -0.2) is 4.68 Å². The van der Waals surface area contributed by atoms with Crippen LogP contribution in [0, 0.1) is 6.92 Å². The predicted molar refractivity (Wildman–Crippen MR) is 72.3 cm³/mol. The molecule has 0 atom stereocenters. The molecule has 1 aromatic heterocycles. The van der Waals surface area contributed by atoms with Crippen LogP contribution < -0.4 is 5.73 Å². The van der Waals surface area contributed by atoms with Crippen molar-refractivity contribution in [3.63, 3.8) is 0 Å². The van der Waals surface area contributed by atoms with E-state index in [1.54, 1.807) is 6.92 Å². The molecule has 0 unspecified atom stereocenters. The average molecular weight is 333 g/mol. The molecule has 0 aliphatic carbocycles. The molecule has 114 valence electrons. The minimum absolute atomic E-state index is 0.0323. The zero-order valence-corrected chi connectivity index (χ0v) is 12.3. The molecule has 9 nitrogen and oxygen atoms in total. The summed E-state index contributed by atoms with van der Waals surface area (Å²) in [5, 5.41) is 3.92. The van der Waals surface area contributed by atoms with Gasteiger partial charge in [-0.15, -0.1) is 0 Å². The van der Waals surface area contributed by atoms with Crippen molar-refractivity contribution in [1.82, 2.24) is 9.78 Å². The summed E-state index contributed by atoms with van der Waals surface area (Å²) in [4.78, 5) is -1.15. The highest BCUT2D eigenvalue weighted by molar-refractivity contribution is 7.86. The Hall–Kier alpha value is -1.95. The lowest BCUT2D eigenvalue weighted by Crippen LogP contribution is -2.11. The van der Waals surface area contributed by atoms with Crippen LogP contribution in [0.15, 0.2) is 34.1 Å². The monoisotopic (exact) mass is 333 g/mol. The van der Waals surface area contributed by atoms with E-state index in [1.807, 2.05) is 0 Å².